The molecule has 234 valence electrons. The molecule has 1 atom stereocenters. The number of anilines is 3. The Bertz CT molecular complexity index is 1720. The van der Waals surface area contributed by atoms with Crippen molar-refractivity contribution >= 4 is 67.0 Å². The molecule has 0 saturated heterocycles. The van der Waals surface area contributed by atoms with Gasteiger partial charge in [-0.3, -0.25) is 14.9 Å². The van der Waals surface area contributed by atoms with E-state index in [9.17, 15) is 23.1 Å². The Morgan fingerprint density at radius 3 is 2.66 bits per heavy atom. The average Bonchev–Trinajstić information content (AvgIpc) is 3.73. The number of amides is 1. The van der Waals surface area contributed by atoms with Crippen molar-refractivity contribution in [2.24, 2.45) is 5.73 Å². The second-order valence-electron chi connectivity index (χ2n) is 9.42. The number of hydrogen-bond acceptors (Lipinski definition) is 12. The van der Waals surface area contributed by atoms with Gasteiger partial charge in [-0.1, -0.05) is 11.2 Å². The smallest absolute Gasteiger partial charge is 0.326 e. The van der Waals surface area contributed by atoms with E-state index in [2.05, 4.69) is 36.1 Å². The maximum atomic E-state index is 13.2. The van der Waals surface area contributed by atoms with E-state index in [0.717, 1.165) is 28.5 Å². The van der Waals surface area contributed by atoms with Crippen molar-refractivity contribution in [2.75, 3.05) is 21.9 Å². The minimum atomic E-state index is -4.10. The number of hydrogen-bond donors (Lipinski definition) is 8. The number of aliphatic carboxylic acids is 1. The van der Waals surface area contributed by atoms with Crippen LogP contribution in [-0.4, -0.2) is 54.1 Å². The highest BCUT2D eigenvalue weighted by Crippen LogP contribution is 2.27. The quantitative estimate of drug-likeness (QED) is 0.0491. The highest BCUT2D eigenvalue weighted by Gasteiger charge is 2.25. The van der Waals surface area contributed by atoms with Gasteiger partial charge in [0.2, 0.25) is 0 Å². The second kappa shape index (κ2) is 14.7. The van der Waals surface area contributed by atoms with Crippen LogP contribution in [0.25, 0.3) is 0 Å². The first kappa shape index (κ1) is 32.2. The number of nitrogens with two attached hydrogens (primary N) is 1. The van der Waals surface area contributed by atoms with E-state index in [1.807, 2.05) is 18.4 Å². The zero-order valence-corrected chi connectivity index (χ0v) is 25.9. The number of sulfonamides is 1. The van der Waals surface area contributed by atoms with Crippen LogP contribution in [0.3, 0.4) is 0 Å². The van der Waals surface area contributed by atoms with Crippen LogP contribution >= 0.6 is 22.7 Å². The SMILES string of the molecule is Cc1cc(CNc2nc(CNc3cccc(S(=O)(=O)Nc4ccsc4C(=O)N[C@@H](CCCNC(=N)N)C(=O)O)c3)cs2)no1. The van der Waals surface area contributed by atoms with Gasteiger partial charge in [0.05, 0.1) is 29.4 Å². The zero-order chi connectivity index (χ0) is 31.7. The number of rotatable bonds is 16. The average molecular weight is 662 g/mol. The molecule has 0 aliphatic rings. The molecule has 4 aromatic rings. The molecular weight excluding hydrogens is 631 g/mol. The third-order valence-corrected chi connectivity index (χ3v) is 9.10. The van der Waals surface area contributed by atoms with Crippen LogP contribution in [0, 0.1) is 12.3 Å². The van der Waals surface area contributed by atoms with Crippen molar-refractivity contribution in [1.29, 1.82) is 5.41 Å². The number of nitrogens with one attached hydrogen (secondary N) is 6. The number of carbonyl (C=O) groups is 2. The van der Waals surface area contributed by atoms with Gasteiger partial charge >= 0.3 is 5.97 Å². The van der Waals surface area contributed by atoms with E-state index in [4.69, 9.17) is 15.7 Å². The standard InChI is InChI=1S/C26H31N9O6S3/c1-15-10-17(34-41-15)12-31-26-32-18(14-43-26)13-30-16-4-2-5-19(11-16)44(39,40)35-20-7-9-42-22(20)23(36)33-21(24(37)38)6-3-8-29-25(27)28/h2,4-5,7,9-11,14,21,30,35H,3,6,8,12-13H2,1H3,(H,31,32)(H,33,36)(H,37,38)(H4,27,28,29)/t21-/m0/s1. The van der Waals surface area contributed by atoms with Crippen LogP contribution in [-0.2, 0) is 27.9 Å². The molecule has 0 unspecified atom stereocenters. The number of guanidine groups is 1. The lowest BCUT2D eigenvalue weighted by atomic mass is 10.1. The van der Waals surface area contributed by atoms with Crippen LogP contribution in [0.4, 0.5) is 16.5 Å². The van der Waals surface area contributed by atoms with Crippen molar-refractivity contribution in [2.45, 2.75) is 43.8 Å². The predicted molar refractivity (Wildman–Crippen MR) is 168 cm³/mol. The van der Waals surface area contributed by atoms with E-state index in [0.29, 0.717) is 30.3 Å². The Morgan fingerprint density at radius 2 is 1.93 bits per heavy atom. The summed E-state index contributed by atoms with van der Waals surface area (Å²) < 4.78 is 33.9. The molecule has 0 fully saturated rings. The maximum absolute atomic E-state index is 13.2. The molecule has 0 saturated carbocycles. The first-order valence-electron chi connectivity index (χ1n) is 13.2. The Hall–Kier alpha value is -4.68. The van der Waals surface area contributed by atoms with Crippen LogP contribution in [0.1, 0.15) is 39.7 Å². The number of carboxylic acids is 1. The third kappa shape index (κ3) is 9.16. The first-order valence-corrected chi connectivity index (χ1v) is 16.4. The van der Waals surface area contributed by atoms with Crippen molar-refractivity contribution in [3.8, 4) is 0 Å². The summed E-state index contributed by atoms with van der Waals surface area (Å²) in [7, 11) is -4.10. The molecule has 15 nitrogen and oxygen atoms in total. The lowest BCUT2D eigenvalue weighted by Crippen LogP contribution is -2.41. The van der Waals surface area contributed by atoms with E-state index in [1.54, 1.807) is 12.1 Å². The van der Waals surface area contributed by atoms with Gasteiger partial charge in [0.15, 0.2) is 11.1 Å². The summed E-state index contributed by atoms with van der Waals surface area (Å²) in [4.78, 5) is 29.1. The lowest BCUT2D eigenvalue weighted by molar-refractivity contribution is -0.139. The Morgan fingerprint density at radius 1 is 1.14 bits per heavy atom. The number of aromatic nitrogens is 2. The first-order chi connectivity index (χ1) is 21.0. The maximum Gasteiger partial charge on any atom is 0.326 e. The van der Waals surface area contributed by atoms with E-state index in [-0.39, 0.29) is 34.4 Å². The fraction of sp³-hybridized carbons (Fsp3) is 0.269. The van der Waals surface area contributed by atoms with Gasteiger partial charge in [0.25, 0.3) is 15.9 Å². The number of thiazole rings is 1. The molecule has 44 heavy (non-hydrogen) atoms. The Labute approximate surface area is 260 Å². The van der Waals surface area contributed by atoms with Gasteiger partial charge < -0.3 is 36.6 Å². The molecule has 4 rings (SSSR count). The number of thiophene rings is 1. The van der Waals surface area contributed by atoms with E-state index >= 15 is 0 Å². The molecule has 0 radical (unpaired) electrons. The van der Waals surface area contributed by atoms with E-state index < -0.39 is 27.9 Å². The van der Waals surface area contributed by atoms with Gasteiger partial charge in [-0.15, -0.1) is 22.7 Å². The number of carbonyl (C=O) groups excluding carboxylic acids is 1. The number of carboxylic acid groups (broad SMARTS) is 1. The topological polar surface area (TPSA) is 237 Å². The van der Waals surface area contributed by atoms with Crippen LogP contribution < -0.4 is 31.7 Å². The summed E-state index contributed by atoms with van der Waals surface area (Å²) in [6.45, 7) is 2.90. The van der Waals surface area contributed by atoms with Crippen LogP contribution in [0.15, 0.2) is 56.6 Å². The van der Waals surface area contributed by atoms with E-state index in [1.165, 1.54) is 34.9 Å². The minimum absolute atomic E-state index is 0.0163. The van der Waals surface area contributed by atoms with Crippen molar-refractivity contribution in [3.63, 3.8) is 0 Å². The largest absolute Gasteiger partial charge is 0.480 e. The number of benzene rings is 1. The predicted octanol–water partition coefficient (Wildman–Crippen LogP) is 2.97. The molecule has 3 heterocycles. The van der Waals surface area contributed by atoms with Crippen molar-refractivity contribution in [3.05, 3.63) is 69.2 Å². The molecule has 0 aliphatic heterocycles. The Balaban J connectivity index is 1.34. The monoisotopic (exact) mass is 661 g/mol. The fourth-order valence-corrected chi connectivity index (χ4v) is 6.53. The normalized spacial score (nSPS) is 11.8. The van der Waals surface area contributed by atoms with Crippen LogP contribution in [0.5, 0.6) is 0 Å². The van der Waals surface area contributed by atoms with Gasteiger partial charge in [0.1, 0.15) is 22.4 Å². The molecule has 0 aliphatic carbocycles. The highest BCUT2D eigenvalue weighted by molar-refractivity contribution is 7.92. The summed E-state index contributed by atoms with van der Waals surface area (Å²) >= 11 is 2.40. The molecule has 0 bridgehead atoms. The summed E-state index contributed by atoms with van der Waals surface area (Å²) in [6, 6.07) is 8.25. The zero-order valence-electron chi connectivity index (χ0n) is 23.4. The number of nitrogens with zero attached hydrogens (tertiary/aromatic N) is 2. The number of aryl methyl sites for hydroxylation is 1. The summed E-state index contributed by atoms with van der Waals surface area (Å²) in [5.74, 6) is -1.48. The molecule has 1 aromatic carbocycles. The highest BCUT2D eigenvalue weighted by atomic mass is 32.2. The fourth-order valence-electron chi connectivity index (χ4n) is 3.88. The molecule has 1 amide bonds. The molecule has 18 heteroatoms. The molecule has 3 aromatic heterocycles. The molecular formula is C26H31N9O6S3. The van der Waals surface area contributed by atoms with Gasteiger partial charge in [-0.2, -0.15) is 0 Å². The molecule has 0 spiro atoms. The third-order valence-electron chi connectivity index (χ3n) is 5.97. The minimum Gasteiger partial charge on any atom is -0.480 e. The summed E-state index contributed by atoms with van der Waals surface area (Å²) in [5, 5.41) is 36.1. The summed E-state index contributed by atoms with van der Waals surface area (Å²) in [5.41, 5.74) is 7.30. The van der Waals surface area contributed by atoms with Crippen LogP contribution in [0.2, 0.25) is 0 Å². The lowest BCUT2D eigenvalue weighted by Gasteiger charge is -2.15. The Kier molecular flexibility index (Phi) is 10.7. The van der Waals surface area contributed by atoms with Crippen molar-refractivity contribution < 1.29 is 27.6 Å². The van der Waals surface area contributed by atoms with Gasteiger partial charge in [-0.25, -0.2) is 18.2 Å². The summed E-state index contributed by atoms with van der Waals surface area (Å²) in [6.07, 6.45) is 0.407. The van der Waals surface area contributed by atoms with Gasteiger partial charge in [-0.05, 0) is 49.4 Å². The second-order valence-corrected chi connectivity index (χ2v) is 12.9. The van der Waals surface area contributed by atoms with Gasteiger partial charge in [0, 0.05) is 23.7 Å². The van der Waals surface area contributed by atoms with Crippen molar-refractivity contribution in [1.82, 2.24) is 20.8 Å². The molecule has 9 N–H and O–H groups in total.